The third-order valence-corrected chi connectivity index (χ3v) is 4.33. The predicted molar refractivity (Wildman–Crippen MR) is 95.0 cm³/mol. The summed E-state index contributed by atoms with van der Waals surface area (Å²) in [4.78, 5) is 3.63. The van der Waals surface area contributed by atoms with Gasteiger partial charge in [0.1, 0.15) is 0 Å². The van der Waals surface area contributed by atoms with Crippen LogP contribution in [0.4, 0.5) is 18.9 Å². The molecule has 0 amide bonds. The van der Waals surface area contributed by atoms with Gasteiger partial charge in [0, 0.05) is 11.6 Å². The topological polar surface area (TPSA) is 24.4 Å². The highest BCUT2D eigenvalue weighted by Gasteiger charge is 2.37. The van der Waals surface area contributed by atoms with Gasteiger partial charge < -0.3 is 5.32 Å². The summed E-state index contributed by atoms with van der Waals surface area (Å²) in [5.74, 6) is 0. The number of rotatable bonds is 2. The lowest BCUT2D eigenvalue weighted by atomic mass is 9.82. The third kappa shape index (κ3) is 4.25. The van der Waals surface area contributed by atoms with Crippen molar-refractivity contribution >= 4 is 40.2 Å². The second-order valence-corrected chi connectivity index (χ2v) is 7.38. The molecule has 7 heteroatoms. The van der Waals surface area contributed by atoms with Crippen LogP contribution in [0.1, 0.15) is 38.3 Å². The summed E-state index contributed by atoms with van der Waals surface area (Å²) in [5.41, 5.74) is -0.224. The summed E-state index contributed by atoms with van der Waals surface area (Å²) in [6.45, 7) is 6.70. The first-order valence-corrected chi connectivity index (χ1v) is 8.25. The Labute approximate surface area is 149 Å². The summed E-state index contributed by atoms with van der Waals surface area (Å²) >= 11 is 10.7. The molecule has 0 radical (unpaired) electrons. The molecule has 0 aliphatic carbocycles. The van der Waals surface area contributed by atoms with E-state index < -0.39 is 11.7 Å². The maximum Gasteiger partial charge on any atom is 0.417 e. The van der Waals surface area contributed by atoms with Crippen LogP contribution in [0.15, 0.2) is 23.2 Å². The third-order valence-electron chi connectivity index (χ3n) is 3.94. The quantitative estimate of drug-likeness (QED) is 0.516. The number of thiocarbonyl (C=S) groups is 1. The monoisotopic (exact) mass is 374 g/mol. The van der Waals surface area contributed by atoms with Crippen LogP contribution in [-0.2, 0) is 6.18 Å². The molecule has 0 spiro atoms. The number of nitrogens with zero attached hydrogens (tertiary/aromatic N) is 1. The van der Waals surface area contributed by atoms with Crippen molar-refractivity contribution in [3.05, 3.63) is 34.4 Å². The Bertz CT molecular complexity index is 714. The number of nitrogens with one attached hydrogen (secondary N) is 1. The zero-order valence-electron chi connectivity index (χ0n) is 13.6. The standard InChI is InChI=1S/C17H18ClF3N2S/c1-16(2,3)14-6-10(4-5-22-14)15-12(17(19,20)21)7-11(23-9-24)8-13(15)18/h6-8,14,22H,4-5H2,1-3H3. The molecule has 2 rings (SSSR count). The summed E-state index contributed by atoms with van der Waals surface area (Å²) in [5, 5.41) is 5.42. The maximum absolute atomic E-state index is 13.5. The van der Waals surface area contributed by atoms with Gasteiger partial charge in [-0.15, -0.1) is 0 Å². The normalized spacial score (nSPS) is 18.8. The van der Waals surface area contributed by atoms with Crippen LogP contribution >= 0.6 is 23.8 Å². The van der Waals surface area contributed by atoms with E-state index in [9.17, 15) is 13.2 Å². The van der Waals surface area contributed by atoms with Crippen molar-refractivity contribution in [1.29, 1.82) is 0 Å². The Morgan fingerprint density at radius 1 is 1.29 bits per heavy atom. The van der Waals surface area contributed by atoms with E-state index in [1.165, 1.54) is 6.07 Å². The fourth-order valence-corrected chi connectivity index (χ4v) is 3.17. The van der Waals surface area contributed by atoms with Crippen molar-refractivity contribution in [2.75, 3.05) is 6.54 Å². The van der Waals surface area contributed by atoms with Gasteiger partial charge in [0.05, 0.1) is 21.4 Å². The Morgan fingerprint density at radius 3 is 2.50 bits per heavy atom. The van der Waals surface area contributed by atoms with E-state index in [1.807, 2.05) is 26.8 Å². The lowest BCUT2D eigenvalue weighted by Gasteiger charge is -2.34. The van der Waals surface area contributed by atoms with Gasteiger partial charge in [-0.3, -0.25) is 0 Å². The maximum atomic E-state index is 13.5. The van der Waals surface area contributed by atoms with Crippen molar-refractivity contribution in [1.82, 2.24) is 5.32 Å². The van der Waals surface area contributed by atoms with Gasteiger partial charge in [-0.05, 0) is 48.3 Å². The molecule has 1 aromatic carbocycles. The van der Waals surface area contributed by atoms with Crippen molar-refractivity contribution < 1.29 is 13.2 Å². The van der Waals surface area contributed by atoms with Crippen LogP contribution in [0, 0.1) is 5.41 Å². The van der Waals surface area contributed by atoms with Gasteiger partial charge in [-0.2, -0.15) is 18.2 Å². The molecule has 0 aromatic heterocycles. The molecule has 1 aromatic rings. The highest BCUT2D eigenvalue weighted by atomic mass is 35.5. The molecule has 0 saturated carbocycles. The minimum Gasteiger partial charge on any atom is -0.310 e. The number of hydrogen-bond acceptors (Lipinski definition) is 3. The lowest BCUT2D eigenvalue weighted by molar-refractivity contribution is -0.137. The number of hydrogen-bond donors (Lipinski definition) is 1. The molecule has 1 unspecified atom stereocenters. The summed E-state index contributed by atoms with van der Waals surface area (Å²) in [7, 11) is 0. The molecule has 2 nitrogen and oxygen atoms in total. The molecule has 1 atom stereocenters. The van der Waals surface area contributed by atoms with Gasteiger partial charge in [0.25, 0.3) is 0 Å². The number of isothiocyanates is 1. The first kappa shape index (κ1) is 19.1. The van der Waals surface area contributed by atoms with Gasteiger partial charge in [-0.1, -0.05) is 38.4 Å². The minimum atomic E-state index is -4.53. The second-order valence-electron chi connectivity index (χ2n) is 6.79. The van der Waals surface area contributed by atoms with Crippen LogP contribution in [0.3, 0.4) is 0 Å². The molecular weight excluding hydrogens is 357 g/mol. The minimum absolute atomic E-state index is 0.0228. The van der Waals surface area contributed by atoms with E-state index in [-0.39, 0.29) is 27.7 Å². The van der Waals surface area contributed by atoms with Crippen LogP contribution in [0.2, 0.25) is 5.02 Å². The number of benzene rings is 1. The van der Waals surface area contributed by atoms with Crippen LogP contribution in [-0.4, -0.2) is 17.7 Å². The van der Waals surface area contributed by atoms with E-state index in [0.717, 1.165) is 6.07 Å². The van der Waals surface area contributed by atoms with Gasteiger partial charge in [0.15, 0.2) is 0 Å². The largest absolute Gasteiger partial charge is 0.417 e. The molecule has 1 aliphatic heterocycles. The molecule has 1 aliphatic rings. The molecular formula is C17H18ClF3N2S. The summed E-state index contributed by atoms with van der Waals surface area (Å²) < 4.78 is 40.6. The first-order valence-electron chi connectivity index (χ1n) is 7.47. The van der Waals surface area contributed by atoms with Crippen LogP contribution in [0.25, 0.3) is 5.57 Å². The van der Waals surface area contributed by atoms with E-state index in [4.69, 9.17) is 11.6 Å². The Hall–Kier alpha value is -1.20. The number of halogens is 4. The summed E-state index contributed by atoms with van der Waals surface area (Å²) in [6, 6.07) is 2.33. The van der Waals surface area contributed by atoms with Crippen molar-refractivity contribution in [2.45, 2.75) is 39.4 Å². The molecule has 0 fully saturated rings. The zero-order chi connectivity index (χ0) is 18.1. The summed E-state index contributed by atoms with van der Waals surface area (Å²) in [6.07, 6.45) is -2.21. The first-order chi connectivity index (χ1) is 11.0. The van der Waals surface area contributed by atoms with Crippen molar-refractivity contribution in [3.8, 4) is 0 Å². The van der Waals surface area contributed by atoms with E-state index in [2.05, 4.69) is 27.7 Å². The zero-order valence-corrected chi connectivity index (χ0v) is 15.2. The molecule has 0 bridgehead atoms. The highest BCUT2D eigenvalue weighted by Crippen LogP contribution is 2.43. The highest BCUT2D eigenvalue weighted by molar-refractivity contribution is 7.78. The number of alkyl halides is 3. The Balaban J connectivity index is 2.65. The van der Waals surface area contributed by atoms with Crippen LogP contribution < -0.4 is 5.32 Å². The van der Waals surface area contributed by atoms with E-state index in [1.54, 1.807) is 0 Å². The van der Waals surface area contributed by atoms with E-state index >= 15 is 0 Å². The second kappa shape index (κ2) is 6.96. The Kier molecular flexibility index (Phi) is 5.55. The average Bonchev–Trinajstić information content (AvgIpc) is 2.45. The van der Waals surface area contributed by atoms with Crippen LogP contribution in [0.5, 0.6) is 0 Å². The van der Waals surface area contributed by atoms with E-state index in [0.29, 0.717) is 18.5 Å². The molecule has 0 saturated heterocycles. The fraction of sp³-hybridized carbons (Fsp3) is 0.471. The van der Waals surface area contributed by atoms with Gasteiger partial charge in [0.2, 0.25) is 0 Å². The average molecular weight is 375 g/mol. The SMILES string of the molecule is CC(C)(C)C1C=C(c2c(Cl)cc(N=C=S)cc2C(F)(F)F)CCN1. The van der Waals surface area contributed by atoms with Crippen molar-refractivity contribution in [3.63, 3.8) is 0 Å². The smallest absolute Gasteiger partial charge is 0.310 e. The molecule has 130 valence electrons. The fourth-order valence-electron chi connectivity index (χ4n) is 2.73. The lowest BCUT2D eigenvalue weighted by Crippen LogP contribution is -2.41. The van der Waals surface area contributed by atoms with Gasteiger partial charge in [-0.25, -0.2) is 0 Å². The number of aliphatic imine (C=N–C) groups is 1. The predicted octanol–water partition coefficient (Wildman–Crippen LogP) is 5.88. The Morgan fingerprint density at radius 2 is 1.96 bits per heavy atom. The molecule has 24 heavy (non-hydrogen) atoms. The van der Waals surface area contributed by atoms with Gasteiger partial charge >= 0.3 is 6.18 Å². The molecule has 1 N–H and O–H groups in total. The van der Waals surface area contributed by atoms with Crippen molar-refractivity contribution in [2.24, 2.45) is 10.4 Å². The molecule has 1 heterocycles.